The molecule has 5 heteroatoms. The molecule has 0 saturated heterocycles. The summed E-state index contributed by atoms with van der Waals surface area (Å²) in [5.41, 5.74) is 0.731. The van der Waals surface area contributed by atoms with Crippen molar-refractivity contribution >= 4 is 5.97 Å². The van der Waals surface area contributed by atoms with Gasteiger partial charge in [-0.05, 0) is 19.3 Å². The number of methoxy groups -OCH3 is 1. The molecule has 0 amide bonds. The minimum Gasteiger partial charge on any atom is -0.469 e. The first-order valence-corrected chi connectivity index (χ1v) is 6.96. The zero-order valence-electron chi connectivity index (χ0n) is 11.6. The number of ether oxygens (including phenoxy) is 1. The van der Waals surface area contributed by atoms with E-state index in [2.05, 4.69) is 11.9 Å². The number of imidazole rings is 1. The molecule has 19 heavy (non-hydrogen) atoms. The molecule has 1 N–H and O–H groups in total. The molecule has 1 aromatic heterocycles. The van der Waals surface area contributed by atoms with Gasteiger partial charge in [-0.2, -0.15) is 0 Å². The lowest BCUT2D eigenvalue weighted by atomic mass is 9.94. The largest absolute Gasteiger partial charge is 0.469 e. The van der Waals surface area contributed by atoms with E-state index in [0.717, 1.165) is 31.4 Å². The Morgan fingerprint density at radius 2 is 2.37 bits per heavy atom. The van der Waals surface area contributed by atoms with E-state index < -0.39 is 12.0 Å². The molecule has 1 aliphatic carbocycles. The highest BCUT2D eigenvalue weighted by Crippen LogP contribution is 2.38. The normalized spacial score (nSPS) is 18.1. The van der Waals surface area contributed by atoms with E-state index in [9.17, 15) is 9.90 Å². The van der Waals surface area contributed by atoms with Gasteiger partial charge in [-0.3, -0.25) is 4.79 Å². The summed E-state index contributed by atoms with van der Waals surface area (Å²) in [5.74, 6) is -0.844. The highest BCUT2D eigenvalue weighted by Gasteiger charge is 2.33. The number of unbranched alkanes of at least 4 members (excludes halogenated alkanes) is 1. The highest BCUT2D eigenvalue weighted by atomic mass is 16.5. The standard InChI is InChI=1S/C14H22N2O3/c1-3-4-5-11(14(18)19-2)13(17)12-8-15-9-16(12)10-6-7-10/h8-11,13,17H,3-7H2,1-2H3. The lowest BCUT2D eigenvalue weighted by molar-refractivity contribution is -0.150. The monoisotopic (exact) mass is 266 g/mol. The van der Waals surface area contributed by atoms with Gasteiger partial charge in [0.15, 0.2) is 0 Å². The Morgan fingerprint density at radius 1 is 1.63 bits per heavy atom. The number of rotatable bonds is 7. The molecule has 1 aromatic rings. The van der Waals surface area contributed by atoms with Gasteiger partial charge in [-0.1, -0.05) is 19.8 Å². The van der Waals surface area contributed by atoms with Gasteiger partial charge in [-0.15, -0.1) is 0 Å². The van der Waals surface area contributed by atoms with Crippen molar-refractivity contribution in [3.8, 4) is 0 Å². The van der Waals surface area contributed by atoms with Gasteiger partial charge in [0.2, 0.25) is 0 Å². The van der Waals surface area contributed by atoms with Gasteiger partial charge < -0.3 is 14.4 Å². The summed E-state index contributed by atoms with van der Waals surface area (Å²) in [6.07, 6.45) is 7.33. The van der Waals surface area contributed by atoms with Crippen molar-refractivity contribution in [2.24, 2.45) is 5.92 Å². The number of carbonyl (C=O) groups is 1. The second kappa shape index (κ2) is 6.19. The second-order valence-electron chi connectivity index (χ2n) is 5.17. The fourth-order valence-electron chi connectivity index (χ4n) is 2.39. The van der Waals surface area contributed by atoms with Crippen molar-refractivity contribution in [1.82, 2.24) is 9.55 Å². The average molecular weight is 266 g/mol. The summed E-state index contributed by atoms with van der Waals surface area (Å²) >= 11 is 0. The number of hydrogen-bond acceptors (Lipinski definition) is 4. The fourth-order valence-corrected chi connectivity index (χ4v) is 2.39. The van der Waals surface area contributed by atoms with Gasteiger partial charge >= 0.3 is 5.97 Å². The smallest absolute Gasteiger partial charge is 0.311 e. The molecule has 0 spiro atoms. The Balaban J connectivity index is 2.14. The minimum absolute atomic E-state index is 0.343. The van der Waals surface area contributed by atoms with Gasteiger partial charge in [0.1, 0.15) is 6.10 Å². The third-order valence-corrected chi connectivity index (χ3v) is 3.69. The number of nitrogens with zero attached hydrogens (tertiary/aromatic N) is 2. The number of aliphatic hydroxyl groups excluding tert-OH is 1. The molecule has 1 aliphatic rings. The lowest BCUT2D eigenvalue weighted by Crippen LogP contribution is -2.25. The summed E-state index contributed by atoms with van der Waals surface area (Å²) in [4.78, 5) is 15.9. The van der Waals surface area contributed by atoms with E-state index in [1.807, 2.05) is 4.57 Å². The fraction of sp³-hybridized carbons (Fsp3) is 0.714. The summed E-state index contributed by atoms with van der Waals surface area (Å²) in [6.45, 7) is 2.06. The molecule has 2 atom stereocenters. The molecule has 106 valence electrons. The van der Waals surface area contributed by atoms with Crippen molar-refractivity contribution in [3.05, 3.63) is 18.2 Å². The Morgan fingerprint density at radius 3 is 2.95 bits per heavy atom. The van der Waals surface area contributed by atoms with E-state index >= 15 is 0 Å². The Hall–Kier alpha value is -1.36. The highest BCUT2D eigenvalue weighted by molar-refractivity contribution is 5.73. The Kier molecular flexibility index (Phi) is 4.58. The Labute approximate surface area is 113 Å². The molecular weight excluding hydrogens is 244 g/mol. The topological polar surface area (TPSA) is 64.3 Å². The van der Waals surface area contributed by atoms with Gasteiger partial charge in [0, 0.05) is 6.04 Å². The molecule has 5 nitrogen and oxygen atoms in total. The molecule has 2 unspecified atom stereocenters. The molecule has 0 aromatic carbocycles. The molecule has 1 saturated carbocycles. The number of aliphatic hydroxyl groups is 1. The molecular formula is C14H22N2O3. The number of carbonyl (C=O) groups excluding carboxylic acids is 1. The van der Waals surface area contributed by atoms with Crippen LogP contribution in [0.1, 0.15) is 56.9 Å². The number of hydrogen-bond donors (Lipinski definition) is 1. The molecule has 1 fully saturated rings. The zero-order valence-corrected chi connectivity index (χ0v) is 11.6. The van der Waals surface area contributed by atoms with Crippen molar-refractivity contribution < 1.29 is 14.6 Å². The molecule has 1 heterocycles. The summed E-state index contributed by atoms with van der Waals surface area (Å²) in [6, 6.07) is 0.441. The minimum atomic E-state index is -0.831. The summed E-state index contributed by atoms with van der Waals surface area (Å²) in [5, 5.41) is 10.5. The van der Waals surface area contributed by atoms with Crippen molar-refractivity contribution in [3.63, 3.8) is 0 Å². The van der Waals surface area contributed by atoms with Crippen LogP contribution < -0.4 is 0 Å². The van der Waals surface area contributed by atoms with Crippen LogP contribution in [0.4, 0.5) is 0 Å². The Bertz CT molecular complexity index is 426. The van der Waals surface area contributed by atoms with E-state index in [-0.39, 0.29) is 5.97 Å². The molecule has 0 bridgehead atoms. The van der Waals surface area contributed by atoms with Crippen molar-refractivity contribution in [2.75, 3.05) is 7.11 Å². The maximum atomic E-state index is 11.8. The predicted octanol–water partition coefficient (Wildman–Crippen LogP) is 2.23. The maximum absolute atomic E-state index is 11.8. The zero-order chi connectivity index (χ0) is 13.8. The van der Waals surface area contributed by atoms with E-state index in [1.54, 1.807) is 12.5 Å². The first-order valence-electron chi connectivity index (χ1n) is 6.96. The van der Waals surface area contributed by atoms with Crippen LogP contribution in [0.15, 0.2) is 12.5 Å². The van der Waals surface area contributed by atoms with Crippen LogP contribution in [0, 0.1) is 5.92 Å². The van der Waals surface area contributed by atoms with Crippen molar-refractivity contribution in [2.45, 2.75) is 51.2 Å². The van der Waals surface area contributed by atoms with Crippen LogP contribution >= 0.6 is 0 Å². The van der Waals surface area contributed by atoms with Crippen molar-refractivity contribution in [1.29, 1.82) is 0 Å². The molecule has 0 aliphatic heterocycles. The maximum Gasteiger partial charge on any atom is 0.311 e. The van der Waals surface area contributed by atoms with E-state index in [1.165, 1.54) is 7.11 Å². The van der Waals surface area contributed by atoms with Crippen LogP contribution in [0.2, 0.25) is 0 Å². The number of aromatic nitrogens is 2. The average Bonchev–Trinajstić information content (AvgIpc) is 3.15. The van der Waals surface area contributed by atoms with Crippen LogP contribution in [0.3, 0.4) is 0 Å². The van der Waals surface area contributed by atoms with Crippen LogP contribution in [0.5, 0.6) is 0 Å². The van der Waals surface area contributed by atoms with Crippen LogP contribution in [-0.4, -0.2) is 27.7 Å². The van der Waals surface area contributed by atoms with E-state index in [0.29, 0.717) is 12.5 Å². The summed E-state index contributed by atoms with van der Waals surface area (Å²) < 4.78 is 6.81. The van der Waals surface area contributed by atoms with Gasteiger partial charge in [0.25, 0.3) is 0 Å². The van der Waals surface area contributed by atoms with E-state index in [4.69, 9.17) is 4.74 Å². The lowest BCUT2D eigenvalue weighted by Gasteiger charge is -2.21. The predicted molar refractivity (Wildman–Crippen MR) is 70.5 cm³/mol. The van der Waals surface area contributed by atoms with Gasteiger partial charge in [-0.25, -0.2) is 4.98 Å². The van der Waals surface area contributed by atoms with Crippen LogP contribution in [0.25, 0.3) is 0 Å². The summed E-state index contributed by atoms with van der Waals surface area (Å²) in [7, 11) is 1.37. The quantitative estimate of drug-likeness (QED) is 0.769. The van der Waals surface area contributed by atoms with Gasteiger partial charge in [0.05, 0.1) is 31.2 Å². The van der Waals surface area contributed by atoms with Crippen LogP contribution in [-0.2, 0) is 9.53 Å². The molecule has 2 rings (SSSR count). The SMILES string of the molecule is CCCCC(C(=O)OC)C(O)c1cncn1C1CC1. The first kappa shape index (κ1) is 14.1. The third kappa shape index (κ3) is 3.15. The second-order valence-corrected chi connectivity index (χ2v) is 5.17. The third-order valence-electron chi connectivity index (χ3n) is 3.69. The first-order chi connectivity index (χ1) is 9.19. The number of esters is 1. The molecule has 0 radical (unpaired) electrons.